The van der Waals surface area contributed by atoms with Gasteiger partial charge < -0.3 is 10.2 Å². The van der Waals surface area contributed by atoms with Gasteiger partial charge in [-0.3, -0.25) is 0 Å². The molecule has 98 valence electrons. The number of aryl methyl sites for hydroxylation is 1. The van der Waals surface area contributed by atoms with Crippen LogP contribution in [0.1, 0.15) is 25.3 Å². The minimum atomic E-state index is -1.83. The molecule has 2 N–H and O–H groups in total. The van der Waals surface area contributed by atoms with Crippen LogP contribution in [-0.2, 0) is 6.42 Å². The Bertz CT molecular complexity index is 351. The highest BCUT2D eigenvalue weighted by molar-refractivity contribution is 5.53. The molecule has 0 aromatic heterocycles. The molecule has 0 fully saturated rings. The summed E-state index contributed by atoms with van der Waals surface area (Å²) < 4.78 is 0. The smallest absolute Gasteiger partial charge is 0.450 e. The zero-order valence-corrected chi connectivity index (χ0v) is 10.5. The van der Waals surface area contributed by atoms with Crippen molar-refractivity contribution in [2.45, 2.75) is 26.2 Å². The Morgan fingerprint density at radius 3 is 2.17 bits per heavy atom. The molecule has 0 radical (unpaired) electrons. The van der Waals surface area contributed by atoms with Crippen LogP contribution in [0, 0.1) is 11.3 Å². The highest BCUT2D eigenvalue weighted by Crippen LogP contribution is 2.03. The van der Waals surface area contributed by atoms with Gasteiger partial charge in [0.1, 0.15) is 0 Å². The quantitative estimate of drug-likeness (QED) is 0.795. The fourth-order valence-corrected chi connectivity index (χ4v) is 1.03. The summed E-state index contributed by atoms with van der Waals surface area (Å²) in [5, 5.41) is 21.5. The van der Waals surface area contributed by atoms with Crippen LogP contribution in [0.3, 0.4) is 0 Å². The van der Waals surface area contributed by atoms with E-state index in [4.69, 9.17) is 20.3 Å². The predicted molar refractivity (Wildman–Crippen MR) is 71.5 cm³/mol. The highest BCUT2D eigenvalue weighted by Gasteiger charge is 1.87. The van der Waals surface area contributed by atoms with Crippen LogP contribution in [0.5, 0.6) is 0 Å². The Balaban J connectivity index is 0. The minimum Gasteiger partial charge on any atom is -0.450 e. The van der Waals surface area contributed by atoms with E-state index >= 15 is 0 Å². The Hall–Kier alpha value is -2.28. The summed E-state index contributed by atoms with van der Waals surface area (Å²) >= 11 is 0. The summed E-state index contributed by atoms with van der Waals surface area (Å²) in [5.74, 6) is 0. The highest BCUT2D eigenvalue weighted by atomic mass is 16.6. The molecule has 0 aliphatic carbocycles. The number of nitrogens with zero attached hydrogens (tertiary/aromatic N) is 1. The lowest BCUT2D eigenvalue weighted by molar-refractivity contribution is 0.137. The molecule has 0 aliphatic rings. The summed E-state index contributed by atoms with van der Waals surface area (Å²) in [7, 11) is 0. The third-order valence-corrected chi connectivity index (χ3v) is 1.75. The van der Waals surface area contributed by atoms with Crippen molar-refractivity contribution in [2.75, 3.05) is 0 Å². The largest absolute Gasteiger partial charge is 0.503 e. The van der Waals surface area contributed by atoms with Crippen LogP contribution >= 0.6 is 0 Å². The molecule has 0 spiro atoms. The summed E-state index contributed by atoms with van der Waals surface area (Å²) in [6.45, 7) is 5.34. The van der Waals surface area contributed by atoms with E-state index in [2.05, 4.69) is 43.8 Å². The van der Waals surface area contributed by atoms with Gasteiger partial charge in [-0.2, -0.15) is 5.26 Å². The lowest BCUT2D eigenvalue weighted by atomic mass is 10.1. The first-order chi connectivity index (χ1) is 8.58. The van der Waals surface area contributed by atoms with Crippen molar-refractivity contribution in [3.63, 3.8) is 0 Å². The number of unbranched alkanes of at least 4 members (excludes halogenated alkanes) is 1. The van der Waals surface area contributed by atoms with E-state index < -0.39 is 6.16 Å². The summed E-state index contributed by atoms with van der Waals surface area (Å²) in [6, 6.07) is 12.3. The van der Waals surface area contributed by atoms with Crippen LogP contribution in [0.25, 0.3) is 0 Å². The van der Waals surface area contributed by atoms with Gasteiger partial charge in [0.15, 0.2) is 0 Å². The fourth-order valence-electron chi connectivity index (χ4n) is 1.03. The normalized spacial score (nSPS) is 7.56. The molecular weight excluding hydrogens is 230 g/mol. The zero-order chi connectivity index (χ0) is 14.2. The second-order valence-electron chi connectivity index (χ2n) is 3.20. The number of rotatable bonds is 3. The van der Waals surface area contributed by atoms with Gasteiger partial charge in [0.05, 0.1) is 6.07 Å². The van der Waals surface area contributed by atoms with Crippen molar-refractivity contribution in [3.05, 3.63) is 48.6 Å². The minimum absolute atomic E-state index is 1.18. The van der Waals surface area contributed by atoms with Gasteiger partial charge in [0.25, 0.3) is 0 Å². The summed E-state index contributed by atoms with van der Waals surface area (Å²) in [6.07, 6.45) is 3.18. The number of hydrogen-bond donors (Lipinski definition) is 2. The molecule has 4 nitrogen and oxygen atoms in total. The van der Waals surface area contributed by atoms with E-state index in [1.54, 1.807) is 6.07 Å². The molecule has 1 rings (SSSR count). The second kappa shape index (κ2) is 14.7. The first-order valence-electron chi connectivity index (χ1n) is 5.54. The molecule has 0 saturated heterocycles. The topological polar surface area (TPSA) is 81.3 Å². The van der Waals surface area contributed by atoms with Crippen molar-refractivity contribution < 1.29 is 15.0 Å². The molecule has 1 aromatic carbocycles. The van der Waals surface area contributed by atoms with Crippen molar-refractivity contribution in [1.29, 1.82) is 5.26 Å². The first-order valence-corrected chi connectivity index (χ1v) is 5.54. The van der Waals surface area contributed by atoms with E-state index in [0.717, 1.165) is 0 Å². The van der Waals surface area contributed by atoms with E-state index in [1.165, 1.54) is 30.9 Å². The average molecular weight is 249 g/mol. The maximum absolute atomic E-state index is 8.56. The molecule has 0 bridgehead atoms. The fraction of sp³-hybridized carbons (Fsp3) is 0.286. The Kier molecular flexibility index (Phi) is 14.8. The number of nitriles is 1. The Morgan fingerprint density at radius 1 is 1.39 bits per heavy atom. The first kappa shape index (κ1) is 18.1. The lowest BCUT2D eigenvalue weighted by Crippen LogP contribution is -1.81. The van der Waals surface area contributed by atoms with Gasteiger partial charge in [0.2, 0.25) is 0 Å². The van der Waals surface area contributed by atoms with Crippen LogP contribution in [0.2, 0.25) is 0 Å². The van der Waals surface area contributed by atoms with Crippen molar-refractivity contribution in [1.82, 2.24) is 0 Å². The molecular formula is C14H19NO3. The van der Waals surface area contributed by atoms with Gasteiger partial charge in [-0.15, -0.1) is 0 Å². The van der Waals surface area contributed by atoms with Gasteiger partial charge in [0, 0.05) is 6.08 Å². The molecule has 0 amide bonds. The summed E-state index contributed by atoms with van der Waals surface area (Å²) in [4.78, 5) is 8.56. The number of benzene rings is 1. The molecule has 4 heteroatoms. The van der Waals surface area contributed by atoms with E-state index in [1.807, 2.05) is 0 Å². The maximum Gasteiger partial charge on any atom is 0.503 e. The molecule has 0 heterocycles. The maximum atomic E-state index is 8.56. The van der Waals surface area contributed by atoms with Crippen LogP contribution in [-0.4, -0.2) is 16.4 Å². The third kappa shape index (κ3) is 19.3. The Labute approximate surface area is 108 Å². The molecule has 0 aliphatic heterocycles. The number of hydrogen-bond acceptors (Lipinski definition) is 2. The number of carboxylic acid groups (broad SMARTS) is 2. The van der Waals surface area contributed by atoms with Crippen molar-refractivity contribution in [2.24, 2.45) is 0 Å². The van der Waals surface area contributed by atoms with Gasteiger partial charge in [-0.25, -0.2) is 4.79 Å². The standard InChI is InChI=1S/C10H14.C3H3N.CH2O3/c1-2-3-7-10-8-5-4-6-9-10;1-2-3-4;2-1(3)4/h4-6,8-9H,2-3,7H2,1H3;2H,1H2;(H2,2,3,4). The lowest BCUT2D eigenvalue weighted by Gasteiger charge is -1.96. The monoisotopic (exact) mass is 249 g/mol. The van der Waals surface area contributed by atoms with Crippen molar-refractivity contribution >= 4 is 6.16 Å². The van der Waals surface area contributed by atoms with Crippen molar-refractivity contribution in [3.8, 4) is 6.07 Å². The molecule has 18 heavy (non-hydrogen) atoms. The average Bonchev–Trinajstić information content (AvgIpc) is 2.37. The van der Waals surface area contributed by atoms with E-state index in [9.17, 15) is 0 Å². The SMILES string of the molecule is C=CC#N.CCCCc1ccccc1.O=C(O)O. The molecule has 1 aromatic rings. The second-order valence-corrected chi connectivity index (χ2v) is 3.20. The Morgan fingerprint density at radius 2 is 1.83 bits per heavy atom. The third-order valence-electron chi connectivity index (χ3n) is 1.75. The van der Waals surface area contributed by atoms with Crippen LogP contribution in [0.15, 0.2) is 43.0 Å². The van der Waals surface area contributed by atoms with Crippen LogP contribution < -0.4 is 0 Å². The predicted octanol–water partition coefficient (Wildman–Crippen LogP) is 3.95. The number of allylic oxidation sites excluding steroid dienone is 1. The van der Waals surface area contributed by atoms with E-state index in [0.29, 0.717) is 0 Å². The van der Waals surface area contributed by atoms with E-state index in [-0.39, 0.29) is 0 Å². The van der Waals surface area contributed by atoms with Crippen LogP contribution in [0.4, 0.5) is 4.79 Å². The molecule has 0 unspecified atom stereocenters. The number of carbonyl (C=O) groups is 1. The molecule has 0 atom stereocenters. The summed E-state index contributed by atoms with van der Waals surface area (Å²) in [5.41, 5.74) is 1.46. The zero-order valence-electron chi connectivity index (χ0n) is 10.5. The molecule has 0 saturated carbocycles. The van der Waals surface area contributed by atoms with Gasteiger partial charge >= 0.3 is 6.16 Å². The van der Waals surface area contributed by atoms with Gasteiger partial charge in [-0.05, 0) is 18.4 Å². The van der Waals surface area contributed by atoms with Gasteiger partial charge in [-0.1, -0.05) is 50.3 Å².